The van der Waals surface area contributed by atoms with Crippen molar-refractivity contribution in [1.82, 2.24) is 4.31 Å². The van der Waals surface area contributed by atoms with Gasteiger partial charge in [0, 0.05) is 20.2 Å². The molecule has 0 fully saturated rings. The second-order valence-electron chi connectivity index (χ2n) is 5.78. The fourth-order valence-electron chi connectivity index (χ4n) is 2.05. The van der Waals surface area contributed by atoms with E-state index in [4.69, 9.17) is 32.7 Å². The van der Waals surface area contributed by atoms with E-state index < -0.39 is 16.0 Å². The van der Waals surface area contributed by atoms with Gasteiger partial charge >= 0.3 is 5.97 Å². The van der Waals surface area contributed by atoms with E-state index in [0.717, 1.165) is 9.87 Å². The van der Waals surface area contributed by atoms with Gasteiger partial charge in [-0.25, -0.2) is 17.5 Å². The van der Waals surface area contributed by atoms with E-state index >= 15 is 0 Å². The predicted molar refractivity (Wildman–Crippen MR) is 109 cm³/mol. The minimum absolute atomic E-state index is 0.0439. The molecule has 2 aromatic rings. The number of carbonyl (C=O) groups is 1. The Balaban J connectivity index is 1.78. The molecule has 150 valence electrons. The summed E-state index contributed by atoms with van der Waals surface area (Å²) in [6.45, 7) is 0.175. The van der Waals surface area contributed by atoms with Gasteiger partial charge < -0.3 is 9.47 Å². The fraction of sp³-hybridized carbons (Fsp3) is 0.211. The standard InChI is InChI=1S/C19H19Cl2NO5S/c1-22(2)28(24,25)16-7-5-15(6-8-16)26-11-12-27-19(23)10-4-14-3-9-17(20)18(21)13-14/h3-10,13H,11-12H2,1-2H3/b10-4+. The molecule has 0 spiro atoms. The van der Waals surface area contributed by atoms with Crippen LogP contribution in [0.25, 0.3) is 6.08 Å². The highest BCUT2D eigenvalue weighted by Gasteiger charge is 2.16. The van der Waals surface area contributed by atoms with Gasteiger partial charge in [-0.1, -0.05) is 29.3 Å². The Kier molecular flexibility index (Phi) is 7.88. The lowest BCUT2D eigenvalue weighted by Crippen LogP contribution is -2.22. The van der Waals surface area contributed by atoms with E-state index in [0.29, 0.717) is 15.8 Å². The smallest absolute Gasteiger partial charge is 0.330 e. The molecule has 0 bridgehead atoms. The van der Waals surface area contributed by atoms with Crippen LogP contribution in [0.4, 0.5) is 0 Å². The van der Waals surface area contributed by atoms with E-state index in [1.807, 2.05) is 0 Å². The number of hydrogen-bond acceptors (Lipinski definition) is 5. The van der Waals surface area contributed by atoms with Gasteiger partial charge in [0.05, 0.1) is 14.9 Å². The molecule has 28 heavy (non-hydrogen) atoms. The molecule has 0 aliphatic rings. The third kappa shape index (κ3) is 6.24. The summed E-state index contributed by atoms with van der Waals surface area (Å²) in [5.41, 5.74) is 0.718. The van der Waals surface area contributed by atoms with Crippen LogP contribution in [-0.4, -0.2) is 46.0 Å². The van der Waals surface area contributed by atoms with Gasteiger partial charge in [-0.3, -0.25) is 0 Å². The van der Waals surface area contributed by atoms with Crippen LogP contribution in [0.1, 0.15) is 5.56 Å². The second kappa shape index (κ2) is 9.93. The molecule has 9 heteroatoms. The Morgan fingerprint density at radius 3 is 2.32 bits per heavy atom. The van der Waals surface area contributed by atoms with Crippen molar-refractivity contribution in [2.24, 2.45) is 0 Å². The zero-order chi connectivity index (χ0) is 20.7. The number of benzene rings is 2. The van der Waals surface area contributed by atoms with Crippen LogP contribution >= 0.6 is 23.2 Å². The number of carbonyl (C=O) groups excluding carboxylic acids is 1. The maximum atomic E-state index is 12.0. The Bertz CT molecular complexity index is 957. The molecule has 0 aliphatic heterocycles. The molecular formula is C19H19Cl2NO5S. The molecule has 2 rings (SSSR count). The predicted octanol–water partition coefficient (Wildman–Crippen LogP) is 3.88. The van der Waals surface area contributed by atoms with Crippen molar-refractivity contribution >= 4 is 45.3 Å². The number of nitrogens with zero attached hydrogens (tertiary/aromatic N) is 1. The monoisotopic (exact) mass is 443 g/mol. The lowest BCUT2D eigenvalue weighted by molar-refractivity contribution is -0.138. The normalized spacial score (nSPS) is 11.8. The SMILES string of the molecule is CN(C)S(=O)(=O)c1ccc(OCCOC(=O)/C=C/c2ccc(Cl)c(Cl)c2)cc1. The van der Waals surface area contributed by atoms with E-state index in [1.54, 1.807) is 36.4 Å². The van der Waals surface area contributed by atoms with Gasteiger partial charge in [0.1, 0.15) is 19.0 Å². The lowest BCUT2D eigenvalue weighted by Gasteiger charge is -2.12. The summed E-state index contributed by atoms with van der Waals surface area (Å²) in [5, 5.41) is 0.834. The van der Waals surface area contributed by atoms with Crippen LogP contribution in [0, 0.1) is 0 Å². The molecule has 0 unspecified atom stereocenters. The topological polar surface area (TPSA) is 72.9 Å². The van der Waals surface area contributed by atoms with E-state index in [2.05, 4.69) is 0 Å². The quantitative estimate of drug-likeness (QED) is 0.351. The van der Waals surface area contributed by atoms with Crippen molar-refractivity contribution in [3.63, 3.8) is 0 Å². The molecule has 0 atom stereocenters. The number of esters is 1. The van der Waals surface area contributed by atoms with E-state index in [-0.39, 0.29) is 18.1 Å². The molecule has 0 saturated carbocycles. The average molecular weight is 444 g/mol. The maximum Gasteiger partial charge on any atom is 0.330 e. The Morgan fingerprint density at radius 2 is 1.71 bits per heavy atom. The average Bonchev–Trinajstić information content (AvgIpc) is 2.66. The largest absolute Gasteiger partial charge is 0.490 e. The van der Waals surface area contributed by atoms with Crippen molar-refractivity contribution in [2.45, 2.75) is 4.90 Å². The Labute approximate surface area is 174 Å². The summed E-state index contributed by atoms with van der Waals surface area (Å²) in [7, 11) is -0.555. The summed E-state index contributed by atoms with van der Waals surface area (Å²) in [6, 6.07) is 11.0. The summed E-state index contributed by atoms with van der Waals surface area (Å²) in [4.78, 5) is 11.9. The Hall–Kier alpha value is -2.06. The van der Waals surface area contributed by atoms with Gasteiger partial charge in [-0.05, 0) is 48.0 Å². The highest BCUT2D eigenvalue weighted by atomic mass is 35.5. The van der Waals surface area contributed by atoms with Gasteiger partial charge in [-0.15, -0.1) is 0 Å². The first-order valence-corrected chi connectivity index (χ1v) is 10.3. The molecule has 0 aliphatic carbocycles. The molecule has 6 nitrogen and oxygen atoms in total. The van der Waals surface area contributed by atoms with Gasteiger partial charge in [0.15, 0.2) is 0 Å². The first-order chi connectivity index (χ1) is 13.2. The van der Waals surface area contributed by atoms with Gasteiger partial charge in [0.2, 0.25) is 10.0 Å². The first kappa shape index (κ1) is 22.2. The fourth-order valence-corrected chi connectivity index (χ4v) is 3.26. The van der Waals surface area contributed by atoms with Crippen LogP contribution in [0.2, 0.25) is 10.0 Å². The minimum Gasteiger partial charge on any atom is -0.490 e. The number of sulfonamides is 1. The third-order valence-electron chi connectivity index (χ3n) is 3.55. The summed E-state index contributed by atoms with van der Waals surface area (Å²) < 4.78 is 35.6. The molecular weight excluding hydrogens is 425 g/mol. The van der Waals surface area contributed by atoms with Crippen LogP contribution < -0.4 is 4.74 Å². The summed E-state index contributed by atoms with van der Waals surface area (Å²) in [6.07, 6.45) is 2.84. The highest BCUT2D eigenvalue weighted by Crippen LogP contribution is 2.23. The van der Waals surface area contributed by atoms with Crippen molar-refractivity contribution in [3.05, 3.63) is 64.1 Å². The number of ether oxygens (including phenoxy) is 2. The van der Waals surface area contributed by atoms with E-state index in [1.165, 1.54) is 32.3 Å². The van der Waals surface area contributed by atoms with Crippen LogP contribution in [0.15, 0.2) is 53.4 Å². The first-order valence-electron chi connectivity index (χ1n) is 8.15. The molecule has 0 radical (unpaired) electrons. The maximum absolute atomic E-state index is 12.0. The molecule has 0 heterocycles. The summed E-state index contributed by atoms with van der Waals surface area (Å²) >= 11 is 11.7. The molecule has 0 aromatic heterocycles. The number of halogens is 2. The zero-order valence-corrected chi connectivity index (χ0v) is 17.6. The molecule has 2 aromatic carbocycles. The third-order valence-corrected chi connectivity index (χ3v) is 6.12. The van der Waals surface area contributed by atoms with Crippen molar-refractivity contribution in [2.75, 3.05) is 27.3 Å². The molecule has 0 N–H and O–H groups in total. The number of hydrogen-bond donors (Lipinski definition) is 0. The number of rotatable bonds is 8. The van der Waals surface area contributed by atoms with Gasteiger partial charge in [0.25, 0.3) is 0 Å². The zero-order valence-electron chi connectivity index (χ0n) is 15.3. The minimum atomic E-state index is -3.48. The van der Waals surface area contributed by atoms with Crippen LogP contribution in [0.5, 0.6) is 5.75 Å². The van der Waals surface area contributed by atoms with E-state index in [9.17, 15) is 13.2 Å². The van der Waals surface area contributed by atoms with Crippen molar-refractivity contribution in [1.29, 1.82) is 0 Å². The van der Waals surface area contributed by atoms with Gasteiger partial charge in [-0.2, -0.15) is 0 Å². The Morgan fingerprint density at radius 1 is 1.04 bits per heavy atom. The molecule has 0 saturated heterocycles. The lowest BCUT2D eigenvalue weighted by atomic mass is 10.2. The van der Waals surface area contributed by atoms with Crippen molar-refractivity contribution < 1.29 is 22.7 Å². The van der Waals surface area contributed by atoms with Crippen molar-refractivity contribution in [3.8, 4) is 5.75 Å². The molecule has 0 amide bonds. The highest BCUT2D eigenvalue weighted by molar-refractivity contribution is 7.89. The second-order valence-corrected chi connectivity index (χ2v) is 8.75. The van der Waals surface area contributed by atoms with Crippen LogP contribution in [-0.2, 0) is 19.6 Å². The van der Waals surface area contributed by atoms with Crippen LogP contribution in [0.3, 0.4) is 0 Å². The summed E-state index contributed by atoms with van der Waals surface area (Å²) in [5.74, 6) is -0.0535.